The lowest BCUT2D eigenvalue weighted by molar-refractivity contribution is -0.147. The Hall–Kier alpha value is -1.40. The van der Waals surface area contributed by atoms with Crippen molar-refractivity contribution in [3.63, 3.8) is 0 Å². The van der Waals surface area contributed by atoms with Gasteiger partial charge in [-0.2, -0.15) is 0 Å². The Labute approximate surface area is 149 Å². The van der Waals surface area contributed by atoms with Gasteiger partial charge in [0, 0.05) is 39.0 Å². The van der Waals surface area contributed by atoms with Crippen LogP contribution in [-0.4, -0.2) is 55.0 Å². The van der Waals surface area contributed by atoms with Crippen molar-refractivity contribution < 1.29 is 18.8 Å². The molecule has 2 aliphatic rings. The molecule has 0 aliphatic carbocycles. The van der Waals surface area contributed by atoms with Crippen LogP contribution in [0.3, 0.4) is 0 Å². The Morgan fingerprint density at radius 1 is 1.36 bits per heavy atom. The maximum Gasteiger partial charge on any atom is 0.227 e. The van der Waals surface area contributed by atoms with Crippen molar-refractivity contribution in [2.45, 2.75) is 58.0 Å². The summed E-state index contributed by atoms with van der Waals surface area (Å²) in [7, 11) is 1.76. The van der Waals surface area contributed by atoms with Gasteiger partial charge in [0.1, 0.15) is 5.76 Å². The van der Waals surface area contributed by atoms with Gasteiger partial charge in [0.05, 0.1) is 17.7 Å². The SMILES string of the molecule is COCCC1CCOC2(CCN(C(=O)Cc3c(C)noc3C)CC2)C1. The zero-order chi connectivity index (χ0) is 17.9. The smallest absolute Gasteiger partial charge is 0.227 e. The second-order valence-corrected chi connectivity index (χ2v) is 7.53. The van der Waals surface area contributed by atoms with E-state index in [-0.39, 0.29) is 11.5 Å². The highest BCUT2D eigenvalue weighted by molar-refractivity contribution is 5.79. The van der Waals surface area contributed by atoms with Crippen LogP contribution >= 0.6 is 0 Å². The monoisotopic (exact) mass is 350 g/mol. The average molecular weight is 350 g/mol. The van der Waals surface area contributed by atoms with E-state index in [1.807, 2.05) is 18.7 Å². The van der Waals surface area contributed by atoms with Crippen LogP contribution in [0.1, 0.15) is 49.1 Å². The van der Waals surface area contributed by atoms with Crippen LogP contribution in [0, 0.1) is 19.8 Å². The zero-order valence-electron chi connectivity index (χ0n) is 15.7. The number of aryl methyl sites for hydroxylation is 2. The van der Waals surface area contributed by atoms with Crippen molar-refractivity contribution in [1.29, 1.82) is 0 Å². The van der Waals surface area contributed by atoms with Gasteiger partial charge in [0.2, 0.25) is 5.91 Å². The van der Waals surface area contributed by atoms with Gasteiger partial charge in [-0.25, -0.2) is 0 Å². The molecule has 2 saturated heterocycles. The van der Waals surface area contributed by atoms with Crippen molar-refractivity contribution in [2.75, 3.05) is 33.4 Å². The summed E-state index contributed by atoms with van der Waals surface area (Å²) in [6, 6.07) is 0. The molecule has 25 heavy (non-hydrogen) atoms. The summed E-state index contributed by atoms with van der Waals surface area (Å²) in [5.41, 5.74) is 1.71. The molecular weight excluding hydrogens is 320 g/mol. The summed E-state index contributed by atoms with van der Waals surface area (Å²) in [4.78, 5) is 14.6. The molecule has 1 aromatic heterocycles. The Balaban J connectivity index is 1.53. The van der Waals surface area contributed by atoms with E-state index >= 15 is 0 Å². The van der Waals surface area contributed by atoms with E-state index in [0.717, 1.165) is 75.4 Å². The van der Waals surface area contributed by atoms with Gasteiger partial charge in [0.15, 0.2) is 0 Å². The minimum atomic E-state index is -0.0313. The number of amides is 1. The Bertz CT molecular complexity index is 571. The molecule has 140 valence electrons. The molecule has 1 aromatic rings. The lowest BCUT2D eigenvalue weighted by atomic mass is 9.78. The third kappa shape index (κ3) is 4.23. The predicted octanol–water partition coefficient (Wildman–Crippen LogP) is 2.66. The van der Waals surface area contributed by atoms with Crippen molar-refractivity contribution in [3.8, 4) is 0 Å². The third-order valence-electron chi connectivity index (χ3n) is 5.86. The molecule has 0 N–H and O–H groups in total. The highest BCUT2D eigenvalue weighted by Gasteiger charge is 2.41. The number of aromatic nitrogens is 1. The Morgan fingerprint density at radius 2 is 2.12 bits per heavy atom. The number of hydrogen-bond donors (Lipinski definition) is 0. The molecule has 0 radical (unpaired) electrons. The van der Waals surface area contributed by atoms with Gasteiger partial charge in [-0.15, -0.1) is 0 Å². The minimum absolute atomic E-state index is 0.0313. The Morgan fingerprint density at radius 3 is 2.76 bits per heavy atom. The molecule has 1 unspecified atom stereocenters. The fourth-order valence-electron chi connectivity index (χ4n) is 4.19. The van der Waals surface area contributed by atoms with Crippen LogP contribution in [0.2, 0.25) is 0 Å². The molecule has 0 aromatic carbocycles. The van der Waals surface area contributed by atoms with Crippen LogP contribution in [0.4, 0.5) is 0 Å². The first-order valence-electron chi connectivity index (χ1n) is 9.35. The van der Waals surface area contributed by atoms with E-state index in [1.165, 1.54) is 0 Å². The van der Waals surface area contributed by atoms with Gasteiger partial charge in [-0.05, 0) is 51.9 Å². The maximum absolute atomic E-state index is 12.6. The molecule has 3 heterocycles. The summed E-state index contributed by atoms with van der Waals surface area (Å²) in [6.45, 7) is 6.97. The topological polar surface area (TPSA) is 64.8 Å². The molecular formula is C19H30N2O4. The van der Waals surface area contributed by atoms with Gasteiger partial charge in [0.25, 0.3) is 0 Å². The second kappa shape index (κ2) is 7.87. The lowest BCUT2D eigenvalue weighted by Gasteiger charge is -2.46. The highest BCUT2D eigenvalue weighted by atomic mass is 16.5. The van der Waals surface area contributed by atoms with E-state index in [9.17, 15) is 4.79 Å². The van der Waals surface area contributed by atoms with Gasteiger partial charge in [-0.3, -0.25) is 4.79 Å². The number of hydrogen-bond acceptors (Lipinski definition) is 5. The maximum atomic E-state index is 12.6. The Kier molecular flexibility index (Phi) is 5.79. The first-order chi connectivity index (χ1) is 12.0. The molecule has 0 saturated carbocycles. The number of carbonyl (C=O) groups excluding carboxylic acids is 1. The molecule has 6 nitrogen and oxygen atoms in total. The van der Waals surface area contributed by atoms with E-state index in [2.05, 4.69) is 5.16 Å². The number of carbonyl (C=O) groups is 1. The average Bonchev–Trinajstić information content (AvgIpc) is 2.92. The normalized spacial score (nSPS) is 23.2. The van der Waals surface area contributed by atoms with Crippen LogP contribution in [0.15, 0.2) is 4.52 Å². The number of likely N-dealkylation sites (tertiary alicyclic amines) is 1. The van der Waals surface area contributed by atoms with Crippen molar-refractivity contribution in [3.05, 3.63) is 17.0 Å². The fourth-order valence-corrected chi connectivity index (χ4v) is 4.19. The molecule has 2 fully saturated rings. The minimum Gasteiger partial charge on any atom is -0.385 e. The fraction of sp³-hybridized carbons (Fsp3) is 0.789. The quantitative estimate of drug-likeness (QED) is 0.817. The van der Waals surface area contributed by atoms with Gasteiger partial charge >= 0.3 is 0 Å². The van der Waals surface area contributed by atoms with E-state index < -0.39 is 0 Å². The third-order valence-corrected chi connectivity index (χ3v) is 5.86. The molecule has 3 rings (SSSR count). The number of nitrogens with zero attached hydrogens (tertiary/aromatic N) is 2. The van der Waals surface area contributed by atoms with Crippen LogP contribution in [-0.2, 0) is 20.7 Å². The van der Waals surface area contributed by atoms with Crippen molar-refractivity contribution in [2.24, 2.45) is 5.92 Å². The van der Waals surface area contributed by atoms with E-state index in [4.69, 9.17) is 14.0 Å². The van der Waals surface area contributed by atoms with Crippen LogP contribution in [0.5, 0.6) is 0 Å². The van der Waals surface area contributed by atoms with Gasteiger partial charge < -0.3 is 18.9 Å². The van der Waals surface area contributed by atoms with Crippen molar-refractivity contribution in [1.82, 2.24) is 10.1 Å². The summed E-state index contributed by atoms with van der Waals surface area (Å²) >= 11 is 0. The molecule has 2 aliphatic heterocycles. The lowest BCUT2D eigenvalue weighted by Crippen LogP contribution is -2.51. The number of rotatable bonds is 5. The highest BCUT2D eigenvalue weighted by Crippen LogP contribution is 2.38. The van der Waals surface area contributed by atoms with Gasteiger partial charge in [-0.1, -0.05) is 5.16 Å². The molecule has 0 bridgehead atoms. The van der Waals surface area contributed by atoms with Crippen LogP contribution < -0.4 is 0 Å². The molecule has 1 atom stereocenters. The first-order valence-corrected chi connectivity index (χ1v) is 9.35. The summed E-state index contributed by atoms with van der Waals surface area (Å²) < 4.78 is 16.6. The van der Waals surface area contributed by atoms with Crippen molar-refractivity contribution >= 4 is 5.91 Å². The summed E-state index contributed by atoms with van der Waals surface area (Å²) in [5, 5.41) is 3.94. The predicted molar refractivity (Wildman–Crippen MR) is 93.4 cm³/mol. The number of piperidine rings is 1. The molecule has 1 spiro atoms. The zero-order valence-corrected chi connectivity index (χ0v) is 15.7. The standard InChI is InChI=1S/C19H30N2O4/c1-14-17(15(2)25-20-14)12-18(22)21-8-6-19(7-9-21)13-16(4-10-23-3)5-11-24-19/h16H,4-13H2,1-3H3. The number of ether oxygens (including phenoxy) is 2. The van der Waals surface area contributed by atoms with E-state index in [1.54, 1.807) is 7.11 Å². The summed E-state index contributed by atoms with van der Waals surface area (Å²) in [5.74, 6) is 1.59. The van der Waals surface area contributed by atoms with Crippen LogP contribution in [0.25, 0.3) is 0 Å². The molecule has 6 heteroatoms. The second-order valence-electron chi connectivity index (χ2n) is 7.53. The first kappa shape index (κ1) is 18.4. The molecule has 1 amide bonds. The van der Waals surface area contributed by atoms with E-state index in [0.29, 0.717) is 12.3 Å². The largest absolute Gasteiger partial charge is 0.385 e. The number of methoxy groups -OCH3 is 1. The summed E-state index contributed by atoms with van der Waals surface area (Å²) in [6.07, 6.45) is 5.58.